The Kier molecular flexibility index (Phi) is 3.95. The van der Waals surface area contributed by atoms with E-state index in [0.29, 0.717) is 4.47 Å². The molecule has 94 valence electrons. The Hall–Kier alpha value is -0.920. The van der Waals surface area contributed by atoms with Gasteiger partial charge in [-0.2, -0.15) is 4.72 Å². The van der Waals surface area contributed by atoms with E-state index in [1.807, 2.05) is 0 Å². The minimum absolute atomic E-state index is 0.00863. The van der Waals surface area contributed by atoms with Crippen LogP contribution >= 0.6 is 15.9 Å². The molecule has 1 aromatic carbocycles. The van der Waals surface area contributed by atoms with Crippen molar-refractivity contribution in [2.24, 2.45) is 0 Å². The largest absolute Gasteiger partial charge is 0.480 e. The molecule has 0 radical (unpaired) electrons. The maximum atomic E-state index is 12.0. The first-order chi connectivity index (χ1) is 7.67. The molecule has 0 aromatic heterocycles. The fourth-order valence-corrected chi connectivity index (χ4v) is 3.47. The smallest absolute Gasteiger partial charge is 0.324 e. The molecule has 2 N–H and O–H groups in total. The molecule has 17 heavy (non-hydrogen) atoms. The molecule has 7 heteroatoms. The second-order valence-electron chi connectivity index (χ2n) is 3.97. The van der Waals surface area contributed by atoms with E-state index in [4.69, 9.17) is 5.11 Å². The number of carbonyl (C=O) groups is 1. The Morgan fingerprint density at radius 1 is 1.35 bits per heavy atom. The van der Waals surface area contributed by atoms with Crippen LogP contribution < -0.4 is 4.72 Å². The van der Waals surface area contributed by atoms with Crippen LogP contribution in [0.3, 0.4) is 0 Å². The van der Waals surface area contributed by atoms with Gasteiger partial charge in [0, 0.05) is 4.47 Å². The zero-order valence-electron chi connectivity index (χ0n) is 9.27. The Bertz CT molecular complexity index is 539. The average Bonchev–Trinajstić information content (AvgIpc) is 2.16. The van der Waals surface area contributed by atoms with Crippen molar-refractivity contribution < 1.29 is 18.3 Å². The van der Waals surface area contributed by atoms with Crippen LogP contribution in [-0.4, -0.2) is 25.0 Å². The van der Waals surface area contributed by atoms with Crippen molar-refractivity contribution >= 4 is 31.9 Å². The summed E-state index contributed by atoms with van der Waals surface area (Å²) in [6, 6.07) is 6.20. The Morgan fingerprint density at radius 2 is 1.88 bits per heavy atom. The summed E-state index contributed by atoms with van der Waals surface area (Å²) in [5.74, 6) is -1.24. The molecular weight excluding hydrogens is 310 g/mol. The second-order valence-corrected chi connectivity index (χ2v) is 6.47. The van der Waals surface area contributed by atoms with Crippen molar-refractivity contribution in [3.05, 3.63) is 28.7 Å². The van der Waals surface area contributed by atoms with Gasteiger partial charge >= 0.3 is 5.97 Å². The molecular formula is C10H12BrNO4S. The van der Waals surface area contributed by atoms with Crippen molar-refractivity contribution in [2.75, 3.05) is 0 Å². The fourth-order valence-electron chi connectivity index (χ4n) is 1.10. The summed E-state index contributed by atoms with van der Waals surface area (Å²) >= 11 is 3.11. The zero-order valence-corrected chi connectivity index (χ0v) is 11.7. The van der Waals surface area contributed by atoms with Gasteiger partial charge in [0.15, 0.2) is 0 Å². The van der Waals surface area contributed by atoms with E-state index in [1.54, 1.807) is 18.2 Å². The van der Waals surface area contributed by atoms with Gasteiger partial charge in [-0.25, -0.2) is 8.42 Å². The summed E-state index contributed by atoms with van der Waals surface area (Å²) in [4.78, 5) is 10.9. The molecule has 0 fully saturated rings. The molecule has 0 heterocycles. The predicted octanol–water partition coefficient (Wildman–Crippen LogP) is 1.59. The highest BCUT2D eigenvalue weighted by Crippen LogP contribution is 2.22. The SMILES string of the molecule is CC(C)(NS(=O)(=O)c1ccccc1Br)C(=O)O. The third-order valence-corrected chi connectivity index (χ3v) is 4.72. The van der Waals surface area contributed by atoms with Gasteiger partial charge in [0.05, 0.1) is 4.90 Å². The van der Waals surface area contributed by atoms with E-state index in [2.05, 4.69) is 20.7 Å². The molecule has 0 atom stereocenters. The van der Waals surface area contributed by atoms with Crippen LogP contribution in [0.5, 0.6) is 0 Å². The third-order valence-electron chi connectivity index (χ3n) is 2.05. The lowest BCUT2D eigenvalue weighted by atomic mass is 10.1. The summed E-state index contributed by atoms with van der Waals surface area (Å²) in [5, 5.41) is 8.88. The molecule has 0 saturated carbocycles. The molecule has 0 saturated heterocycles. The molecule has 0 spiro atoms. The number of sulfonamides is 1. The number of rotatable bonds is 4. The van der Waals surface area contributed by atoms with Gasteiger partial charge in [0.2, 0.25) is 10.0 Å². The summed E-state index contributed by atoms with van der Waals surface area (Å²) in [6.45, 7) is 2.56. The van der Waals surface area contributed by atoms with Gasteiger partial charge in [-0.05, 0) is 41.9 Å². The van der Waals surface area contributed by atoms with E-state index >= 15 is 0 Å². The van der Waals surface area contributed by atoms with Crippen molar-refractivity contribution in [1.29, 1.82) is 0 Å². The van der Waals surface area contributed by atoms with Gasteiger partial charge in [-0.1, -0.05) is 12.1 Å². The molecule has 0 aliphatic carbocycles. The third kappa shape index (κ3) is 3.27. The Balaban J connectivity index is 3.15. The molecule has 0 amide bonds. The lowest BCUT2D eigenvalue weighted by molar-refractivity contribution is -0.142. The van der Waals surface area contributed by atoms with Crippen LogP contribution in [0, 0.1) is 0 Å². The normalized spacial score (nSPS) is 12.4. The quantitative estimate of drug-likeness (QED) is 0.882. The fraction of sp³-hybridized carbons (Fsp3) is 0.300. The van der Waals surface area contributed by atoms with Crippen LogP contribution in [0.25, 0.3) is 0 Å². The molecule has 5 nitrogen and oxygen atoms in total. The number of carboxylic acid groups (broad SMARTS) is 1. The van der Waals surface area contributed by atoms with E-state index in [1.165, 1.54) is 19.9 Å². The van der Waals surface area contributed by atoms with Gasteiger partial charge < -0.3 is 5.11 Å². The van der Waals surface area contributed by atoms with E-state index in [9.17, 15) is 13.2 Å². The predicted molar refractivity (Wildman–Crippen MR) is 66.2 cm³/mol. The first-order valence-corrected chi connectivity index (χ1v) is 6.96. The van der Waals surface area contributed by atoms with Crippen LogP contribution in [0.15, 0.2) is 33.6 Å². The molecule has 0 aliphatic heterocycles. The second kappa shape index (κ2) is 4.75. The number of hydrogen-bond acceptors (Lipinski definition) is 3. The van der Waals surface area contributed by atoms with Crippen molar-refractivity contribution in [3.8, 4) is 0 Å². The van der Waals surface area contributed by atoms with Crippen LogP contribution in [0.1, 0.15) is 13.8 Å². The van der Waals surface area contributed by atoms with Crippen LogP contribution in [-0.2, 0) is 14.8 Å². The summed E-state index contributed by atoms with van der Waals surface area (Å²) in [5.41, 5.74) is -1.56. The number of halogens is 1. The Morgan fingerprint density at radius 3 is 2.35 bits per heavy atom. The van der Waals surface area contributed by atoms with Crippen LogP contribution in [0.4, 0.5) is 0 Å². The maximum absolute atomic E-state index is 12.0. The molecule has 1 rings (SSSR count). The number of carboxylic acids is 1. The average molecular weight is 322 g/mol. The maximum Gasteiger partial charge on any atom is 0.324 e. The topological polar surface area (TPSA) is 83.5 Å². The first kappa shape index (κ1) is 14.1. The highest BCUT2D eigenvalue weighted by atomic mass is 79.9. The van der Waals surface area contributed by atoms with Crippen molar-refractivity contribution in [3.63, 3.8) is 0 Å². The molecule has 0 unspecified atom stereocenters. The summed E-state index contributed by atoms with van der Waals surface area (Å²) < 4.78 is 26.5. The van der Waals surface area contributed by atoms with E-state index < -0.39 is 21.5 Å². The number of aliphatic carboxylic acids is 1. The first-order valence-electron chi connectivity index (χ1n) is 4.69. The Labute approximate surface area is 108 Å². The van der Waals surface area contributed by atoms with Crippen molar-refractivity contribution in [1.82, 2.24) is 4.72 Å². The molecule has 0 aliphatic rings. The highest BCUT2D eigenvalue weighted by Gasteiger charge is 2.33. The monoisotopic (exact) mass is 321 g/mol. The zero-order chi connectivity index (χ0) is 13.3. The number of hydrogen-bond donors (Lipinski definition) is 2. The highest BCUT2D eigenvalue weighted by molar-refractivity contribution is 9.10. The van der Waals surface area contributed by atoms with Gasteiger partial charge in [-0.15, -0.1) is 0 Å². The van der Waals surface area contributed by atoms with E-state index in [-0.39, 0.29) is 4.90 Å². The minimum Gasteiger partial charge on any atom is -0.480 e. The van der Waals surface area contributed by atoms with Gasteiger partial charge in [-0.3, -0.25) is 4.79 Å². The van der Waals surface area contributed by atoms with Crippen molar-refractivity contribution in [2.45, 2.75) is 24.3 Å². The molecule has 1 aromatic rings. The van der Waals surface area contributed by atoms with Gasteiger partial charge in [0.1, 0.15) is 5.54 Å². The van der Waals surface area contributed by atoms with E-state index in [0.717, 1.165) is 0 Å². The lowest BCUT2D eigenvalue weighted by Gasteiger charge is -2.21. The number of nitrogens with one attached hydrogen (secondary N) is 1. The molecule has 0 bridgehead atoms. The lowest BCUT2D eigenvalue weighted by Crippen LogP contribution is -2.49. The number of benzene rings is 1. The van der Waals surface area contributed by atoms with Gasteiger partial charge in [0.25, 0.3) is 0 Å². The summed E-state index contributed by atoms with van der Waals surface area (Å²) in [6.07, 6.45) is 0. The standard InChI is InChI=1S/C10H12BrNO4S/c1-10(2,9(13)14)12-17(15,16)8-6-4-3-5-7(8)11/h3-6,12H,1-2H3,(H,13,14). The van der Waals surface area contributed by atoms with Crippen LogP contribution in [0.2, 0.25) is 0 Å². The summed E-state index contributed by atoms with van der Waals surface area (Å²) in [7, 11) is -3.87. The minimum atomic E-state index is -3.87.